The Morgan fingerprint density at radius 3 is 2.82 bits per heavy atom. The highest BCUT2D eigenvalue weighted by Crippen LogP contribution is 2.33. The molecule has 1 aliphatic heterocycles. The van der Waals surface area contributed by atoms with E-state index in [0.29, 0.717) is 18.7 Å². The zero-order chi connectivity index (χ0) is 12.3. The van der Waals surface area contributed by atoms with Crippen molar-refractivity contribution in [1.29, 1.82) is 0 Å². The predicted molar refractivity (Wildman–Crippen MR) is 55.7 cm³/mol. The molecule has 1 heterocycles. The molecular weight excluding hydrogens is 232 g/mol. The molecule has 1 aromatic carbocycles. The van der Waals surface area contributed by atoms with Gasteiger partial charge in [0, 0.05) is 12.1 Å². The van der Waals surface area contributed by atoms with Crippen LogP contribution in [-0.4, -0.2) is 25.9 Å². The van der Waals surface area contributed by atoms with Gasteiger partial charge in [-0.3, -0.25) is 0 Å². The minimum Gasteiger partial charge on any atom is -0.434 e. The Morgan fingerprint density at radius 2 is 2.18 bits per heavy atom. The van der Waals surface area contributed by atoms with E-state index in [-0.39, 0.29) is 11.9 Å². The molecule has 4 nitrogen and oxygen atoms in total. The highest BCUT2D eigenvalue weighted by molar-refractivity contribution is 5.34. The van der Waals surface area contributed by atoms with E-state index >= 15 is 0 Å². The quantitative estimate of drug-likeness (QED) is 0.876. The van der Waals surface area contributed by atoms with Gasteiger partial charge in [0.1, 0.15) is 5.75 Å². The topological polar surface area (TPSA) is 53.7 Å². The summed E-state index contributed by atoms with van der Waals surface area (Å²) >= 11 is 0. The molecule has 1 saturated heterocycles. The van der Waals surface area contributed by atoms with Crippen LogP contribution in [0, 0.1) is 0 Å². The SMILES string of the molecule is NCC1COC(c2ccccc2OC(F)F)O1. The van der Waals surface area contributed by atoms with Crippen LogP contribution < -0.4 is 10.5 Å². The fourth-order valence-corrected chi connectivity index (χ4v) is 1.61. The largest absolute Gasteiger partial charge is 0.434 e. The van der Waals surface area contributed by atoms with Gasteiger partial charge < -0.3 is 19.9 Å². The van der Waals surface area contributed by atoms with Gasteiger partial charge in [0.25, 0.3) is 0 Å². The molecule has 17 heavy (non-hydrogen) atoms. The van der Waals surface area contributed by atoms with Crippen LogP contribution in [0.5, 0.6) is 5.75 Å². The molecule has 1 aliphatic rings. The zero-order valence-corrected chi connectivity index (χ0v) is 9.01. The van der Waals surface area contributed by atoms with E-state index < -0.39 is 12.9 Å². The van der Waals surface area contributed by atoms with Gasteiger partial charge in [-0.25, -0.2) is 0 Å². The average Bonchev–Trinajstić information content (AvgIpc) is 2.77. The van der Waals surface area contributed by atoms with Crippen LogP contribution in [-0.2, 0) is 9.47 Å². The Balaban J connectivity index is 2.14. The predicted octanol–water partition coefficient (Wildman–Crippen LogP) is 1.66. The second-order valence-corrected chi connectivity index (χ2v) is 3.58. The van der Waals surface area contributed by atoms with Crippen LogP contribution in [0.2, 0.25) is 0 Å². The molecule has 6 heteroatoms. The van der Waals surface area contributed by atoms with Crippen molar-refractivity contribution in [2.75, 3.05) is 13.2 Å². The number of rotatable bonds is 4. The lowest BCUT2D eigenvalue weighted by atomic mass is 10.2. The molecule has 0 bridgehead atoms. The molecule has 0 spiro atoms. The van der Waals surface area contributed by atoms with Gasteiger partial charge in [-0.15, -0.1) is 0 Å². The Hall–Kier alpha value is -1.24. The summed E-state index contributed by atoms with van der Waals surface area (Å²) in [5.41, 5.74) is 5.88. The molecular formula is C11H13F2NO3. The molecule has 1 fully saturated rings. The van der Waals surface area contributed by atoms with Crippen molar-refractivity contribution in [3.8, 4) is 5.75 Å². The first-order valence-electron chi connectivity index (χ1n) is 5.21. The van der Waals surface area contributed by atoms with Crippen LogP contribution in [0.4, 0.5) is 8.78 Å². The van der Waals surface area contributed by atoms with E-state index in [1.807, 2.05) is 0 Å². The molecule has 0 aliphatic carbocycles. The second kappa shape index (κ2) is 5.39. The normalized spacial score (nSPS) is 24.2. The summed E-state index contributed by atoms with van der Waals surface area (Å²) in [6.07, 6.45) is -0.905. The van der Waals surface area contributed by atoms with Crippen LogP contribution in [0.3, 0.4) is 0 Å². The van der Waals surface area contributed by atoms with Crippen molar-refractivity contribution in [1.82, 2.24) is 0 Å². The molecule has 2 unspecified atom stereocenters. The summed E-state index contributed by atoms with van der Waals surface area (Å²) in [5, 5.41) is 0. The Kier molecular flexibility index (Phi) is 3.88. The molecule has 0 amide bonds. The molecule has 0 radical (unpaired) electrons. The van der Waals surface area contributed by atoms with Crippen molar-refractivity contribution in [3.63, 3.8) is 0 Å². The van der Waals surface area contributed by atoms with Gasteiger partial charge in [0.2, 0.25) is 0 Å². The van der Waals surface area contributed by atoms with Gasteiger partial charge in [0.05, 0.1) is 12.7 Å². The number of hydrogen-bond donors (Lipinski definition) is 1. The fourth-order valence-electron chi connectivity index (χ4n) is 1.61. The van der Waals surface area contributed by atoms with Crippen molar-refractivity contribution >= 4 is 0 Å². The maximum atomic E-state index is 12.2. The lowest BCUT2D eigenvalue weighted by Gasteiger charge is -2.15. The number of benzene rings is 1. The standard InChI is InChI=1S/C11H13F2NO3/c12-11(13)17-9-4-2-1-3-8(9)10-15-6-7(5-14)16-10/h1-4,7,10-11H,5-6,14H2. The summed E-state index contributed by atoms with van der Waals surface area (Å²) < 4.78 is 39.6. The van der Waals surface area contributed by atoms with Crippen LogP contribution in [0.1, 0.15) is 11.9 Å². The first-order valence-corrected chi connectivity index (χ1v) is 5.21. The smallest absolute Gasteiger partial charge is 0.387 e. The minimum atomic E-state index is -2.87. The number of hydrogen-bond acceptors (Lipinski definition) is 4. The molecule has 0 aromatic heterocycles. The van der Waals surface area contributed by atoms with E-state index in [0.717, 1.165) is 0 Å². The number of nitrogens with two attached hydrogens (primary N) is 1. The van der Waals surface area contributed by atoms with E-state index in [9.17, 15) is 8.78 Å². The number of halogens is 2. The molecule has 1 aromatic rings. The third-order valence-corrected chi connectivity index (χ3v) is 2.40. The van der Waals surface area contributed by atoms with Gasteiger partial charge in [0.15, 0.2) is 6.29 Å². The molecule has 2 atom stereocenters. The van der Waals surface area contributed by atoms with Crippen LogP contribution in [0.15, 0.2) is 24.3 Å². The van der Waals surface area contributed by atoms with Crippen LogP contribution in [0.25, 0.3) is 0 Å². The average molecular weight is 245 g/mol. The Morgan fingerprint density at radius 1 is 1.41 bits per heavy atom. The van der Waals surface area contributed by atoms with Crippen molar-refractivity contribution in [2.45, 2.75) is 19.0 Å². The highest BCUT2D eigenvalue weighted by atomic mass is 19.3. The maximum Gasteiger partial charge on any atom is 0.387 e. The van der Waals surface area contributed by atoms with E-state index in [1.54, 1.807) is 18.2 Å². The second-order valence-electron chi connectivity index (χ2n) is 3.58. The Bertz CT molecular complexity index is 375. The number of para-hydroxylation sites is 1. The molecule has 0 saturated carbocycles. The first-order chi connectivity index (χ1) is 8.20. The number of ether oxygens (including phenoxy) is 3. The fraction of sp³-hybridized carbons (Fsp3) is 0.455. The van der Waals surface area contributed by atoms with Gasteiger partial charge in [-0.05, 0) is 6.07 Å². The number of alkyl halides is 2. The minimum absolute atomic E-state index is 0.0603. The van der Waals surface area contributed by atoms with E-state index in [1.165, 1.54) is 6.07 Å². The molecule has 94 valence electrons. The third-order valence-electron chi connectivity index (χ3n) is 2.40. The van der Waals surface area contributed by atoms with E-state index in [4.69, 9.17) is 15.2 Å². The lowest BCUT2D eigenvalue weighted by molar-refractivity contribution is -0.0729. The van der Waals surface area contributed by atoms with Crippen molar-refractivity contribution in [2.24, 2.45) is 5.73 Å². The third kappa shape index (κ3) is 2.91. The summed E-state index contributed by atoms with van der Waals surface area (Å²) in [6.45, 7) is -2.19. The van der Waals surface area contributed by atoms with Gasteiger partial charge in [-0.1, -0.05) is 18.2 Å². The first kappa shape index (κ1) is 12.2. The molecule has 2 N–H and O–H groups in total. The summed E-state index contributed by atoms with van der Waals surface area (Å²) in [4.78, 5) is 0. The summed E-state index contributed by atoms with van der Waals surface area (Å²) in [6, 6.07) is 6.39. The Labute approximate surface area is 97.3 Å². The van der Waals surface area contributed by atoms with Gasteiger partial charge >= 0.3 is 6.61 Å². The van der Waals surface area contributed by atoms with Crippen molar-refractivity contribution < 1.29 is 23.0 Å². The monoisotopic (exact) mass is 245 g/mol. The summed E-state index contributed by atoms with van der Waals surface area (Å²) in [5.74, 6) is 0.0603. The maximum absolute atomic E-state index is 12.2. The highest BCUT2D eigenvalue weighted by Gasteiger charge is 2.28. The molecule has 2 rings (SSSR count). The van der Waals surface area contributed by atoms with Crippen LogP contribution >= 0.6 is 0 Å². The summed E-state index contributed by atoms with van der Waals surface area (Å²) in [7, 11) is 0. The lowest BCUT2D eigenvalue weighted by Crippen LogP contribution is -2.21. The van der Waals surface area contributed by atoms with Gasteiger partial charge in [-0.2, -0.15) is 8.78 Å². The van der Waals surface area contributed by atoms with Crippen molar-refractivity contribution in [3.05, 3.63) is 29.8 Å². The van der Waals surface area contributed by atoms with E-state index in [2.05, 4.69) is 4.74 Å². The zero-order valence-electron chi connectivity index (χ0n) is 9.01.